The number of nitrogens with one attached hydrogen (secondary N) is 2. The molecule has 0 amide bonds. The van der Waals surface area contributed by atoms with Crippen molar-refractivity contribution in [1.29, 1.82) is 5.26 Å². The van der Waals surface area contributed by atoms with E-state index in [1.165, 1.54) is 24.4 Å². The Hall–Kier alpha value is -3.49. The van der Waals surface area contributed by atoms with E-state index in [-0.39, 0.29) is 32.7 Å². The van der Waals surface area contributed by atoms with Crippen molar-refractivity contribution < 1.29 is 13.3 Å². The minimum Gasteiger partial charge on any atom is -0.361 e. The van der Waals surface area contributed by atoms with Crippen LogP contribution in [0.2, 0.25) is 0 Å². The summed E-state index contributed by atoms with van der Waals surface area (Å²) in [6.45, 7) is 3.42. The van der Waals surface area contributed by atoms with E-state index in [1.54, 1.807) is 12.1 Å². The number of hydrogen-bond acceptors (Lipinski definition) is 8. The van der Waals surface area contributed by atoms with Gasteiger partial charge in [-0.2, -0.15) is 5.26 Å². The smallest absolute Gasteiger partial charge is 0.311 e. The standard InChI is InChI=1S/C22H22N6O4S/c1-15-2-4-16(5-3-15)33(31,32)27-11-6-17-19(18(28(29)30)12-25-20(17)27)26-22(14-23)13-21(22)7-9-24-10-8-21/h2-6,11-12,24H,7-10,13H2,1H3,(H,25,26). The highest BCUT2D eigenvalue weighted by molar-refractivity contribution is 7.90. The van der Waals surface area contributed by atoms with E-state index in [4.69, 9.17) is 0 Å². The van der Waals surface area contributed by atoms with Crippen LogP contribution in [0, 0.1) is 33.8 Å². The maximum absolute atomic E-state index is 13.3. The molecule has 5 rings (SSSR count). The Morgan fingerprint density at radius 2 is 1.94 bits per heavy atom. The molecule has 2 N–H and O–H groups in total. The molecule has 1 aromatic carbocycles. The number of aryl methyl sites for hydroxylation is 1. The number of pyridine rings is 1. The molecule has 3 heterocycles. The molecule has 170 valence electrons. The topological polar surface area (TPSA) is 143 Å². The van der Waals surface area contributed by atoms with Crippen molar-refractivity contribution in [2.75, 3.05) is 18.4 Å². The summed E-state index contributed by atoms with van der Waals surface area (Å²) in [5, 5.41) is 28.5. The van der Waals surface area contributed by atoms with Crippen molar-refractivity contribution in [2.45, 2.75) is 36.6 Å². The number of aromatic nitrogens is 2. The highest BCUT2D eigenvalue weighted by atomic mass is 32.2. The van der Waals surface area contributed by atoms with E-state index >= 15 is 0 Å². The molecule has 1 spiro atoms. The molecule has 3 aromatic rings. The largest absolute Gasteiger partial charge is 0.361 e. The lowest BCUT2D eigenvalue weighted by molar-refractivity contribution is -0.384. The lowest BCUT2D eigenvalue weighted by atomic mass is 9.89. The van der Waals surface area contributed by atoms with Gasteiger partial charge in [0, 0.05) is 11.6 Å². The molecule has 1 unspecified atom stereocenters. The summed E-state index contributed by atoms with van der Waals surface area (Å²) >= 11 is 0. The number of hydrogen-bond donors (Lipinski definition) is 2. The summed E-state index contributed by atoms with van der Waals surface area (Å²) in [4.78, 5) is 15.4. The first-order valence-corrected chi connectivity index (χ1v) is 12.0. The summed E-state index contributed by atoms with van der Waals surface area (Å²) in [5.74, 6) is 0. The number of nitro groups is 1. The molecule has 2 fully saturated rings. The van der Waals surface area contributed by atoms with Gasteiger partial charge < -0.3 is 10.6 Å². The lowest BCUT2D eigenvalue weighted by Gasteiger charge is -2.27. The highest BCUT2D eigenvalue weighted by Crippen LogP contribution is 2.63. The monoisotopic (exact) mass is 466 g/mol. The Kier molecular flexibility index (Phi) is 4.70. The van der Waals surface area contributed by atoms with Crippen LogP contribution >= 0.6 is 0 Å². The fraction of sp³-hybridized carbons (Fsp3) is 0.364. The van der Waals surface area contributed by atoms with Gasteiger partial charge in [-0.25, -0.2) is 17.4 Å². The molecule has 1 aliphatic carbocycles. The van der Waals surface area contributed by atoms with Gasteiger partial charge in [0.2, 0.25) is 0 Å². The summed E-state index contributed by atoms with van der Waals surface area (Å²) in [5.41, 5.74) is -0.376. The Bertz CT molecular complexity index is 1420. The summed E-state index contributed by atoms with van der Waals surface area (Å²) in [6.07, 6.45) is 4.56. The first-order chi connectivity index (χ1) is 15.7. The maximum Gasteiger partial charge on any atom is 0.311 e. The van der Waals surface area contributed by atoms with Crippen LogP contribution in [-0.4, -0.2) is 40.9 Å². The number of piperidine rings is 1. The van der Waals surface area contributed by atoms with Crippen LogP contribution in [-0.2, 0) is 10.0 Å². The van der Waals surface area contributed by atoms with Gasteiger partial charge in [0.25, 0.3) is 10.0 Å². The Labute approximate surface area is 190 Å². The van der Waals surface area contributed by atoms with Gasteiger partial charge in [0.15, 0.2) is 5.65 Å². The molecule has 0 bridgehead atoms. The first kappa shape index (κ1) is 21.4. The Balaban J connectivity index is 1.63. The fourth-order valence-corrected chi connectivity index (χ4v) is 6.19. The van der Waals surface area contributed by atoms with Crippen molar-refractivity contribution in [3.05, 3.63) is 58.4 Å². The van der Waals surface area contributed by atoms with Gasteiger partial charge in [-0.15, -0.1) is 0 Å². The molecular weight excluding hydrogens is 444 g/mol. The summed E-state index contributed by atoms with van der Waals surface area (Å²) < 4.78 is 27.5. The van der Waals surface area contributed by atoms with Gasteiger partial charge in [0.05, 0.1) is 21.3 Å². The predicted octanol–water partition coefficient (Wildman–Crippen LogP) is 2.94. The molecule has 0 radical (unpaired) electrons. The zero-order valence-electron chi connectivity index (χ0n) is 17.9. The zero-order valence-corrected chi connectivity index (χ0v) is 18.7. The molecule has 2 aromatic heterocycles. The molecular formula is C22H22N6O4S. The molecule has 33 heavy (non-hydrogen) atoms. The van der Waals surface area contributed by atoms with Crippen LogP contribution in [0.15, 0.2) is 47.6 Å². The van der Waals surface area contributed by atoms with Gasteiger partial charge >= 0.3 is 5.69 Å². The zero-order chi connectivity index (χ0) is 23.4. The Morgan fingerprint density at radius 1 is 1.24 bits per heavy atom. The van der Waals surface area contributed by atoms with Crippen LogP contribution in [0.4, 0.5) is 11.4 Å². The number of benzene rings is 1. The molecule has 1 atom stereocenters. The van der Waals surface area contributed by atoms with E-state index in [2.05, 4.69) is 21.7 Å². The molecule has 2 aliphatic rings. The van der Waals surface area contributed by atoms with E-state index in [0.29, 0.717) is 6.42 Å². The maximum atomic E-state index is 13.3. The molecule has 1 saturated carbocycles. The quantitative estimate of drug-likeness (QED) is 0.432. The van der Waals surface area contributed by atoms with E-state index in [1.807, 2.05) is 6.92 Å². The van der Waals surface area contributed by atoms with Crippen molar-refractivity contribution in [3.8, 4) is 6.07 Å². The number of fused-ring (bicyclic) bond motifs is 1. The molecule has 10 nitrogen and oxygen atoms in total. The highest BCUT2D eigenvalue weighted by Gasteiger charge is 2.68. The van der Waals surface area contributed by atoms with Crippen molar-refractivity contribution in [3.63, 3.8) is 0 Å². The number of nitrogens with zero attached hydrogens (tertiary/aromatic N) is 4. The third-order valence-electron chi connectivity index (χ3n) is 6.91. The number of anilines is 1. The van der Waals surface area contributed by atoms with Crippen LogP contribution < -0.4 is 10.6 Å². The van der Waals surface area contributed by atoms with Crippen LogP contribution in [0.5, 0.6) is 0 Å². The third-order valence-corrected chi connectivity index (χ3v) is 8.59. The average Bonchev–Trinajstić information content (AvgIpc) is 3.16. The number of nitriles is 1. The first-order valence-electron chi connectivity index (χ1n) is 10.6. The second kappa shape index (κ2) is 7.26. The third kappa shape index (κ3) is 3.17. The van der Waals surface area contributed by atoms with Gasteiger partial charge in [-0.05, 0) is 57.5 Å². The second-order valence-corrected chi connectivity index (χ2v) is 10.6. The lowest BCUT2D eigenvalue weighted by Crippen LogP contribution is -2.37. The van der Waals surface area contributed by atoms with Crippen molar-refractivity contribution >= 4 is 32.4 Å². The Morgan fingerprint density at radius 3 is 2.58 bits per heavy atom. The minimum absolute atomic E-state index is 0.0665. The predicted molar refractivity (Wildman–Crippen MR) is 121 cm³/mol. The van der Waals surface area contributed by atoms with E-state index in [0.717, 1.165) is 41.7 Å². The average molecular weight is 467 g/mol. The molecule has 11 heteroatoms. The fourth-order valence-electron chi connectivity index (χ4n) is 4.89. The van der Waals surface area contributed by atoms with Crippen LogP contribution in [0.25, 0.3) is 11.0 Å². The van der Waals surface area contributed by atoms with Crippen LogP contribution in [0.1, 0.15) is 24.8 Å². The summed E-state index contributed by atoms with van der Waals surface area (Å²) in [7, 11) is -3.97. The number of rotatable bonds is 5. The van der Waals surface area contributed by atoms with Crippen LogP contribution in [0.3, 0.4) is 0 Å². The van der Waals surface area contributed by atoms with Crippen molar-refractivity contribution in [2.24, 2.45) is 5.41 Å². The van der Waals surface area contributed by atoms with Gasteiger partial charge in [-0.1, -0.05) is 17.7 Å². The molecule has 1 saturated heterocycles. The van der Waals surface area contributed by atoms with Gasteiger partial charge in [-0.3, -0.25) is 10.1 Å². The minimum atomic E-state index is -3.97. The second-order valence-electron chi connectivity index (χ2n) is 8.79. The normalized spacial score (nSPS) is 21.6. The van der Waals surface area contributed by atoms with Crippen molar-refractivity contribution in [1.82, 2.24) is 14.3 Å². The summed E-state index contributed by atoms with van der Waals surface area (Å²) in [6, 6.07) is 10.3. The SMILES string of the molecule is Cc1ccc(S(=O)(=O)n2ccc3c(NC4(C#N)CC45CCNCC5)c([N+](=O)[O-])cnc32)cc1. The van der Waals surface area contributed by atoms with E-state index < -0.39 is 20.5 Å². The molecule has 1 aliphatic heterocycles. The van der Waals surface area contributed by atoms with E-state index in [9.17, 15) is 23.8 Å². The van der Waals surface area contributed by atoms with Gasteiger partial charge in [0.1, 0.15) is 17.4 Å².